The number of nitrogens with two attached hydrogens (primary N) is 1. The van der Waals surface area contributed by atoms with Gasteiger partial charge in [0.2, 0.25) is 10.0 Å². The zero-order valence-corrected chi connectivity index (χ0v) is 12.1. The van der Waals surface area contributed by atoms with Crippen molar-refractivity contribution in [3.63, 3.8) is 0 Å². The number of hydrogen-bond acceptors (Lipinski definition) is 5. The van der Waals surface area contributed by atoms with Crippen molar-refractivity contribution in [1.29, 1.82) is 5.41 Å². The van der Waals surface area contributed by atoms with Crippen LogP contribution in [-0.2, 0) is 19.5 Å². The SMILES string of the molecule is COCCN(CCC(=N)N)S(=O)(=O)CC1CCCO1. The Kier molecular flexibility index (Phi) is 6.70. The highest BCUT2D eigenvalue weighted by Gasteiger charge is 2.28. The average molecular weight is 293 g/mol. The van der Waals surface area contributed by atoms with Gasteiger partial charge in [-0.05, 0) is 12.8 Å². The molecule has 19 heavy (non-hydrogen) atoms. The number of nitrogens with one attached hydrogen (secondary N) is 1. The van der Waals surface area contributed by atoms with Crippen LogP contribution in [0.25, 0.3) is 0 Å². The van der Waals surface area contributed by atoms with Crippen molar-refractivity contribution < 1.29 is 17.9 Å². The summed E-state index contributed by atoms with van der Waals surface area (Å²) in [6.45, 7) is 1.45. The van der Waals surface area contributed by atoms with E-state index in [2.05, 4.69) is 0 Å². The van der Waals surface area contributed by atoms with Gasteiger partial charge in [-0.15, -0.1) is 0 Å². The normalized spacial score (nSPS) is 20.0. The van der Waals surface area contributed by atoms with Crippen LogP contribution in [0, 0.1) is 5.41 Å². The van der Waals surface area contributed by atoms with Gasteiger partial charge in [0.05, 0.1) is 24.3 Å². The summed E-state index contributed by atoms with van der Waals surface area (Å²) in [6.07, 6.45) is 1.71. The summed E-state index contributed by atoms with van der Waals surface area (Å²) in [5, 5.41) is 7.19. The summed E-state index contributed by atoms with van der Waals surface area (Å²) >= 11 is 0. The summed E-state index contributed by atoms with van der Waals surface area (Å²) in [5.74, 6) is -0.0241. The number of hydrogen-bond donors (Lipinski definition) is 2. The molecule has 1 atom stereocenters. The van der Waals surface area contributed by atoms with E-state index in [0.29, 0.717) is 13.2 Å². The molecule has 0 aromatic heterocycles. The first kappa shape index (κ1) is 16.4. The molecule has 0 amide bonds. The molecule has 1 aliphatic heterocycles. The predicted molar refractivity (Wildman–Crippen MR) is 72.7 cm³/mol. The Labute approximate surface area is 114 Å². The standard InChI is InChI=1S/C11H23N3O4S/c1-17-8-6-14(5-4-11(12)13)19(15,16)9-10-3-2-7-18-10/h10H,2-9H2,1H3,(H3,12,13). The summed E-state index contributed by atoms with van der Waals surface area (Å²) in [5.41, 5.74) is 5.28. The van der Waals surface area contributed by atoms with Crippen molar-refractivity contribution in [2.24, 2.45) is 5.73 Å². The van der Waals surface area contributed by atoms with Gasteiger partial charge in [-0.2, -0.15) is 4.31 Å². The molecule has 1 fully saturated rings. The summed E-state index contributed by atoms with van der Waals surface area (Å²) in [6, 6.07) is 0. The molecule has 7 nitrogen and oxygen atoms in total. The third kappa shape index (κ3) is 5.85. The maximum Gasteiger partial charge on any atom is 0.216 e. The fourth-order valence-corrected chi connectivity index (χ4v) is 3.61. The molecule has 0 bridgehead atoms. The number of ether oxygens (including phenoxy) is 2. The van der Waals surface area contributed by atoms with E-state index in [4.69, 9.17) is 20.6 Å². The van der Waals surface area contributed by atoms with Crippen molar-refractivity contribution in [2.75, 3.05) is 39.2 Å². The van der Waals surface area contributed by atoms with Gasteiger partial charge in [0.15, 0.2) is 0 Å². The Morgan fingerprint density at radius 3 is 2.79 bits per heavy atom. The van der Waals surface area contributed by atoms with E-state index < -0.39 is 10.0 Å². The van der Waals surface area contributed by atoms with Crippen LogP contribution in [0.3, 0.4) is 0 Å². The Bertz CT molecular complexity index is 379. The second-order valence-corrected chi connectivity index (χ2v) is 6.59. The molecule has 1 rings (SSSR count). The zero-order chi connectivity index (χ0) is 14.3. The minimum atomic E-state index is -3.40. The Balaban J connectivity index is 2.60. The van der Waals surface area contributed by atoms with E-state index in [1.165, 1.54) is 11.4 Å². The molecule has 1 aliphatic rings. The monoisotopic (exact) mass is 293 g/mol. The largest absolute Gasteiger partial charge is 0.388 e. The highest BCUT2D eigenvalue weighted by Crippen LogP contribution is 2.16. The van der Waals surface area contributed by atoms with E-state index >= 15 is 0 Å². The topological polar surface area (TPSA) is 106 Å². The van der Waals surface area contributed by atoms with Crippen molar-refractivity contribution >= 4 is 15.9 Å². The lowest BCUT2D eigenvalue weighted by Crippen LogP contribution is -2.40. The van der Waals surface area contributed by atoms with Crippen LogP contribution in [0.5, 0.6) is 0 Å². The minimum Gasteiger partial charge on any atom is -0.388 e. The van der Waals surface area contributed by atoms with Crippen LogP contribution in [0.1, 0.15) is 19.3 Å². The quantitative estimate of drug-likeness (QED) is 0.451. The molecule has 0 radical (unpaired) electrons. The van der Waals surface area contributed by atoms with E-state index in [1.54, 1.807) is 0 Å². The molecule has 1 saturated heterocycles. The van der Waals surface area contributed by atoms with E-state index in [1.807, 2.05) is 0 Å². The van der Waals surface area contributed by atoms with Crippen LogP contribution in [0.15, 0.2) is 0 Å². The molecular formula is C11H23N3O4S. The second-order valence-electron chi connectivity index (χ2n) is 4.58. The molecule has 8 heteroatoms. The van der Waals surface area contributed by atoms with E-state index in [9.17, 15) is 8.42 Å². The first-order valence-electron chi connectivity index (χ1n) is 6.37. The molecule has 1 unspecified atom stereocenters. The fraction of sp³-hybridized carbons (Fsp3) is 0.909. The summed E-state index contributed by atoms with van der Waals surface area (Å²) in [7, 11) is -1.87. The number of nitrogens with zero attached hydrogens (tertiary/aromatic N) is 1. The molecule has 1 heterocycles. The van der Waals surface area contributed by atoms with Crippen LogP contribution in [-0.4, -0.2) is 63.8 Å². The van der Waals surface area contributed by atoms with Gasteiger partial charge in [0.1, 0.15) is 0 Å². The molecule has 0 spiro atoms. The number of amidine groups is 1. The van der Waals surface area contributed by atoms with Gasteiger partial charge in [0.25, 0.3) is 0 Å². The number of sulfonamides is 1. The lowest BCUT2D eigenvalue weighted by atomic mass is 10.3. The summed E-state index contributed by atoms with van der Waals surface area (Å²) in [4.78, 5) is 0. The summed E-state index contributed by atoms with van der Waals surface area (Å²) < 4.78 is 36.2. The predicted octanol–water partition coefficient (Wildman–Crippen LogP) is -0.230. The highest BCUT2D eigenvalue weighted by molar-refractivity contribution is 7.89. The average Bonchev–Trinajstić information content (AvgIpc) is 2.80. The molecule has 0 aromatic rings. The Hall–Kier alpha value is -0.700. The van der Waals surface area contributed by atoms with Crippen LogP contribution >= 0.6 is 0 Å². The zero-order valence-electron chi connectivity index (χ0n) is 11.3. The van der Waals surface area contributed by atoms with Gasteiger partial charge in [-0.1, -0.05) is 0 Å². The third-order valence-corrected chi connectivity index (χ3v) is 4.93. The fourth-order valence-electron chi connectivity index (χ4n) is 1.94. The van der Waals surface area contributed by atoms with Gasteiger partial charge < -0.3 is 15.2 Å². The highest BCUT2D eigenvalue weighted by atomic mass is 32.2. The number of rotatable bonds is 9. The molecule has 0 aliphatic carbocycles. The van der Waals surface area contributed by atoms with Crippen molar-refractivity contribution in [3.05, 3.63) is 0 Å². The first-order chi connectivity index (χ1) is 8.95. The lowest BCUT2D eigenvalue weighted by Gasteiger charge is -2.23. The van der Waals surface area contributed by atoms with E-state index in [0.717, 1.165) is 12.8 Å². The van der Waals surface area contributed by atoms with E-state index in [-0.39, 0.29) is 37.2 Å². The van der Waals surface area contributed by atoms with Crippen LogP contribution in [0.4, 0.5) is 0 Å². The third-order valence-electron chi connectivity index (χ3n) is 2.99. The first-order valence-corrected chi connectivity index (χ1v) is 7.98. The van der Waals surface area contributed by atoms with Crippen molar-refractivity contribution in [3.8, 4) is 0 Å². The lowest BCUT2D eigenvalue weighted by molar-refractivity contribution is 0.125. The van der Waals surface area contributed by atoms with Crippen LogP contribution in [0.2, 0.25) is 0 Å². The van der Waals surface area contributed by atoms with Gasteiger partial charge in [-0.25, -0.2) is 8.42 Å². The van der Waals surface area contributed by atoms with Gasteiger partial charge >= 0.3 is 0 Å². The maximum absolute atomic E-state index is 12.3. The number of methoxy groups -OCH3 is 1. The Morgan fingerprint density at radius 1 is 1.53 bits per heavy atom. The Morgan fingerprint density at radius 2 is 2.26 bits per heavy atom. The molecule has 0 aromatic carbocycles. The smallest absolute Gasteiger partial charge is 0.216 e. The maximum atomic E-state index is 12.3. The van der Waals surface area contributed by atoms with Crippen LogP contribution < -0.4 is 5.73 Å². The molecule has 0 saturated carbocycles. The van der Waals surface area contributed by atoms with Gasteiger partial charge in [0, 0.05) is 33.2 Å². The second kappa shape index (κ2) is 7.78. The van der Waals surface area contributed by atoms with Gasteiger partial charge in [-0.3, -0.25) is 5.41 Å². The molecule has 3 N–H and O–H groups in total. The van der Waals surface area contributed by atoms with Crippen molar-refractivity contribution in [2.45, 2.75) is 25.4 Å². The molecule has 112 valence electrons. The minimum absolute atomic E-state index is 0.00534. The molecular weight excluding hydrogens is 270 g/mol. The van der Waals surface area contributed by atoms with Crippen molar-refractivity contribution in [1.82, 2.24) is 4.31 Å².